The van der Waals surface area contributed by atoms with Crippen LogP contribution in [0.25, 0.3) is 0 Å². The van der Waals surface area contributed by atoms with Gasteiger partial charge in [0, 0.05) is 12.6 Å². The van der Waals surface area contributed by atoms with Crippen molar-refractivity contribution in [3.05, 3.63) is 0 Å². The first-order chi connectivity index (χ1) is 8.63. The highest BCUT2D eigenvalue weighted by molar-refractivity contribution is 4.91. The highest BCUT2D eigenvalue weighted by atomic mass is 15.1. The molecule has 0 atom stereocenters. The molecular weight excluding hydrogens is 220 g/mol. The molecule has 0 bridgehead atoms. The van der Waals surface area contributed by atoms with Crippen LogP contribution >= 0.6 is 0 Å². The number of hydrogen-bond donors (Lipinski definition) is 1. The van der Waals surface area contributed by atoms with Crippen LogP contribution in [0.4, 0.5) is 0 Å². The Hall–Kier alpha value is -0.0800. The van der Waals surface area contributed by atoms with Crippen molar-refractivity contribution in [2.75, 3.05) is 26.2 Å². The average molecular weight is 252 g/mol. The smallest absolute Gasteiger partial charge is 0.00673 e. The second-order valence-electron chi connectivity index (χ2n) is 7.03. The van der Waals surface area contributed by atoms with E-state index in [1.54, 1.807) is 0 Å². The van der Waals surface area contributed by atoms with Gasteiger partial charge in [-0.25, -0.2) is 0 Å². The molecule has 1 saturated heterocycles. The molecule has 2 heteroatoms. The fourth-order valence-corrected chi connectivity index (χ4v) is 3.95. The van der Waals surface area contributed by atoms with E-state index in [4.69, 9.17) is 0 Å². The van der Waals surface area contributed by atoms with Crippen molar-refractivity contribution < 1.29 is 0 Å². The van der Waals surface area contributed by atoms with Crippen molar-refractivity contribution >= 4 is 0 Å². The van der Waals surface area contributed by atoms with Crippen molar-refractivity contribution in [3.63, 3.8) is 0 Å². The molecule has 0 aromatic carbocycles. The maximum absolute atomic E-state index is 3.63. The number of nitrogens with one attached hydrogen (secondary N) is 1. The molecule has 2 fully saturated rings. The summed E-state index contributed by atoms with van der Waals surface area (Å²) in [5.41, 5.74) is 0.722. The van der Waals surface area contributed by atoms with Gasteiger partial charge in [-0.2, -0.15) is 0 Å². The zero-order chi connectivity index (χ0) is 13.0. The first-order valence-corrected chi connectivity index (χ1v) is 8.09. The van der Waals surface area contributed by atoms with Gasteiger partial charge in [-0.05, 0) is 69.5 Å². The minimum absolute atomic E-state index is 0.722. The molecule has 0 aromatic rings. The Kier molecular flexibility index (Phi) is 5.08. The van der Waals surface area contributed by atoms with Crippen LogP contribution in [0.15, 0.2) is 0 Å². The van der Waals surface area contributed by atoms with E-state index in [2.05, 4.69) is 31.0 Å². The van der Waals surface area contributed by atoms with E-state index in [1.807, 2.05) is 0 Å². The summed E-state index contributed by atoms with van der Waals surface area (Å²) in [6, 6.07) is 0.814. The van der Waals surface area contributed by atoms with Crippen LogP contribution in [0.3, 0.4) is 0 Å². The Morgan fingerprint density at radius 1 is 1.11 bits per heavy atom. The molecule has 0 amide bonds. The summed E-state index contributed by atoms with van der Waals surface area (Å²) in [6.45, 7) is 12.1. The summed E-state index contributed by atoms with van der Waals surface area (Å²) in [7, 11) is 0. The summed E-state index contributed by atoms with van der Waals surface area (Å²) in [5, 5.41) is 3.63. The summed E-state index contributed by atoms with van der Waals surface area (Å²) in [4.78, 5) is 2.69. The van der Waals surface area contributed by atoms with Crippen LogP contribution in [0.5, 0.6) is 0 Å². The summed E-state index contributed by atoms with van der Waals surface area (Å²) in [5.74, 6) is 0.823. The van der Waals surface area contributed by atoms with Gasteiger partial charge in [0.25, 0.3) is 0 Å². The average Bonchev–Trinajstić information content (AvgIpc) is 2.35. The first kappa shape index (κ1) is 14.3. The number of likely N-dealkylation sites (tertiary alicyclic amines) is 1. The van der Waals surface area contributed by atoms with E-state index in [0.29, 0.717) is 0 Å². The Morgan fingerprint density at radius 2 is 1.72 bits per heavy atom. The predicted octanol–water partition coefficient (Wildman–Crippen LogP) is 3.28. The third-order valence-electron chi connectivity index (χ3n) is 5.08. The molecule has 2 rings (SSSR count). The molecule has 1 aliphatic heterocycles. The van der Waals surface area contributed by atoms with Gasteiger partial charge in [-0.15, -0.1) is 0 Å². The molecule has 1 N–H and O–H groups in total. The van der Waals surface area contributed by atoms with Crippen molar-refractivity contribution in [1.82, 2.24) is 10.2 Å². The molecule has 18 heavy (non-hydrogen) atoms. The molecule has 1 aliphatic carbocycles. The summed E-state index contributed by atoms with van der Waals surface area (Å²) >= 11 is 0. The maximum Gasteiger partial charge on any atom is 0.00673 e. The summed E-state index contributed by atoms with van der Waals surface area (Å²) < 4.78 is 0. The molecule has 1 saturated carbocycles. The number of rotatable bonds is 4. The molecule has 106 valence electrons. The number of hydrogen-bond acceptors (Lipinski definition) is 2. The fourth-order valence-electron chi connectivity index (χ4n) is 3.95. The van der Waals surface area contributed by atoms with Crippen molar-refractivity contribution in [2.45, 2.75) is 65.3 Å². The lowest BCUT2D eigenvalue weighted by molar-refractivity contribution is 0.0539. The predicted molar refractivity (Wildman–Crippen MR) is 78.9 cm³/mol. The lowest BCUT2D eigenvalue weighted by Gasteiger charge is -2.46. The van der Waals surface area contributed by atoms with Crippen LogP contribution < -0.4 is 5.32 Å². The standard InChI is InChI=1S/C16H32N2/c1-4-17-15-5-7-16(8-6-15)9-11-18(12-10-16)13-14(2)3/h14-15,17H,4-13H2,1-3H3. The van der Waals surface area contributed by atoms with Crippen LogP contribution in [-0.4, -0.2) is 37.1 Å². The molecule has 1 heterocycles. The van der Waals surface area contributed by atoms with Crippen LogP contribution in [0.2, 0.25) is 0 Å². The highest BCUT2D eigenvalue weighted by Gasteiger charge is 2.37. The molecule has 0 radical (unpaired) electrons. The lowest BCUT2D eigenvalue weighted by Crippen LogP contribution is -2.45. The second-order valence-corrected chi connectivity index (χ2v) is 7.03. The quantitative estimate of drug-likeness (QED) is 0.826. The third-order valence-corrected chi connectivity index (χ3v) is 5.08. The van der Waals surface area contributed by atoms with Gasteiger partial charge in [0.15, 0.2) is 0 Å². The van der Waals surface area contributed by atoms with E-state index in [-0.39, 0.29) is 0 Å². The van der Waals surface area contributed by atoms with Gasteiger partial charge in [0.05, 0.1) is 0 Å². The summed E-state index contributed by atoms with van der Waals surface area (Å²) in [6.07, 6.45) is 8.69. The largest absolute Gasteiger partial charge is 0.314 e. The topological polar surface area (TPSA) is 15.3 Å². The second kappa shape index (κ2) is 6.38. The monoisotopic (exact) mass is 252 g/mol. The van der Waals surface area contributed by atoms with E-state index in [0.717, 1.165) is 23.9 Å². The lowest BCUT2D eigenvalue weighted by atomic mass is 9.67. The Bertz CT molecular complexity index is 231. The molecule has 1 spiro atoms. The van der Waals surface area contributed by atoms with E-state index >= 15 is 0 Å². The van der Waals surface area contributed by atoms with E-state index in [1.165, 1.54) is 58.2 Å². The normalized spacial score (nSPS) is 26.0. The van der Waals surface area contributed by atoms with Crippen LogP contribution in [0.1, 0.15) is 59.3 Å². The molecule has 0 unspecified atom stereocenters. The van der Waals surface area contributed by atoms with Gasteiger partial charge >= 0.3 is 0 Å². The molecule has 2 aliphatic rings. The molecular formula is C16H32N2. The number of piperidine rings is 1. The molecule has 0 aromatic heterocycles. The minimum Gasteiger partial charge on any atom is -0.314 e. The Balaban J connectivity index is 1.75. The molecule has 2 nitrogen and oxygen atoms in total. The number of nitrogens with zero attached hydrogens (tertiary/aromatic N) is 1. The first-order valence-electron chi connectivity index (χ1n) is 8.09. The van der Waals surface area contributed by atoms with E-state index in [9.17, 15) is 0 Å². The zero-order valence-electron chi connectivity index (χ0n) is 12.7. The minimum atomic E-state index is 0.722. The zero-order valence-corrected chi connectivity index (χ0v) is 12.7. The fraction of sp³-hybridized carbons (Fsp3) is 1.00. The third kappa shape index (κ3) is 3.71. The van der Waals surface area contributed by atoms with Crippen LogP contribution in [-0.2, 0) is 0 Å². The Morgan fingerprint density at radius 3 is 2.22 bits per heavy atom. The van der Waals surface area contributed by atoms with Crippen molar-refractivity contribution in [3.8, 4) is 0 Å². The van der Waals surface area contributed by atoms with Crippen LogP contribution in [0, 0.1) is 11.3 Å². The van der Waals surface area contributed by atoms with Gasteiger partial charge in [0.2, 0.25) is 0 Å². The van der Waals surface area contributed by atoms with Gasteiger partial charge < -0.3 is 10.2 Å². The van der Waals surface area contributed by atoms with Gasteiger partial charge in [-0.3, -0.25) is 0 Å². The highest BCUT2D eigenvalue weighted by Crippen LogP contribution is 2.44. The van der Waals surface area contributed by atoms with E-state index < -0.39 is 0 Å². The maximum atomic E-state index is 3.63. The van der Waals surface area contributed by atoms with Crippen molar-refractivity contribution in [1.29, 1.82) is 0 Å². The van der Waals surface area contributed by atoms with Gasteiger partial charge in [0.1, 0.15) is 0 Å². The van der Waals surface area contributed by atoms with Gasteiger partial charge in [-0.1, -0.05) is 20.8 Å². The van der Waals surface area contributed by atoms with Crippen molar-refractivity contribution in [2.24, 2.45) is 11.3 Å². The SMILES string of the molecule is CCNC1CCC2(CC1)CCN(CC(C)C)CC2. The Labute approximate surface area is 114 Å².